The van der Waals surface area contributed by atoms with E-state index in [-0.39, 0.29) is 32.1 Å². The quantitative estimate of drug-likeness (QED) is 0.553. The number of aliphatic hydroxyl groups is 1. The van der Waals surface area contributed by atoms with Gasteiger partial charge in [-0.3, -0.25) is 0 Å². The van der Waals surface area contributed by atoms with Crippen molar-refractivity contribution in [2.24, 2.45) is 0 Å². The molecule has 0 saturated heterocycles. The third-order valence-corrected chi connectivity index (χ3v) is 3.77. The van der Waals surface area contributed by atoms with Crippen LogP contribution in [-0.2, 0) is 4.74 Å². The van der Waals surface area contributed by atoms with Gasteiger partial charge in [-0.2, -0.15) is 0 Å². The summed E-state index contributed by atoms with van der Waals surface area (Å²) in [7, 11) is 0. The average Bonchev–Trinajstić information content (AvgIpc) is 3.06. The lowest BCUT2D eigenvalue weighted by Crippen LogP contribution is -2.32. The molecule has 0 atom stereocenters. The minimum Gasteiger partial charge on any atom is -0.436 e. The Bertz CT molecular complexity index is 942. The molecule has 7 nitrogen and oxygen atoms in total. The number of hydrogen-bond acceptors (Lipinski definition) is 5. The fourth-order valence-corrected chi connectivity index (χ4v) is 2.48. The summed E-state index contributed by atoms with van der Waals surface area (Å²) in [5.74, 6) is -0.288. The lowest BCUT2D eigenvalue weighted by Gasteiger charge is -2.09. The SMILES string of the molecule is Cc1ccc2oc(-c3ccc(NC(=O)NCCOCCO)c(F)c3)nc2c1. The fraction of sp³-hybridized carbons (Fsp3) is 0.263. The lowest BCUT2D eigenvalue weighted by atomic mass is 10.2. The topological polar surface area (TPSA) is 96.6 Å². The molecule has 1 heterocycles. The summed E-state index contributed by atoms with van der Waals surface area (Å²) in [5, 5.41) is 13.5. The number of urea groups is 1. The molecule has 0 aliphatic heterocycles. The van der Waals surface area contributed by atoms with E-state index in [9.17, 15) is 9.18 Å². The van der Waals surface area contributed by atoms with Crippen LogP contribution < -0.4 is 10.6 Å². The Hall–Kier alpha value is -2.97. The second kappa shape index (κ2) is 8.61. The van der Waals surface area contributed by atoms with Gasteiger partial charge in [0.1, 0.15) is 11.3 Å². The Morgan fingerprint density at radius 1 is 1.26 bits per heavy atom. The standard InChI is InChI=1S/C19H20FN3O4/c1-12-2-5-17-16(10-12)22-18(27-17)13-3-4-15(14(20)11-13)23-19(25)21-6-8-26-9-7-24/h2-5,10-11,24H,6-9H2,1H3,(H2,21,23,25). The molecule has 0 radical (unpaired) electrons. The van der Waals surface area contributed by atoms with E-state index >= 15 is 0 Å². The molecule has 3 aromatic rings. The van der Waals surface area contributed by atoms with Gasteiger partial charge in [-0.25, -0.2) is 14.2 Å². The Labute approximate surface area is 155 Å². The number of oxazole rings is 1. The zero-order valence-corrected chi connectivity index (χ0v) is 14.8. The van der Waals surface area contributed by atoms with Gasteiger partial charge < -0.3 is 24.9 Å². The molecule has 0 aliphatic rings. The zero-order chi connectivity index (χ0) is 19.2. The first-order valence-electron chi connectivity index (χ1n) is 8.47. The number of hydrogen-bond donors (Lipinski definition) is 3. The molecule has 0 saturated carbocycles. The fourth-order valence-electron chi connectivity index (χ4n) is 2.48. The highest BCUT2D eigenvalue weighted by molar-refractivity contribution is 5.89. The second-order valence-electron chi connectivity index (χ2n) is 5.90. The van der Waals surface area contributed by atoms with Crippen molar-refractivity contribution in [2.75, 3.05) is 31.7 Å². The number of carbonyl (C=O) groups is 1. The van der Waals surface area contributed by atoms with E-state index in [4.69, 9.17) is 14.3 Å². The van der Waals surface area contributed by atoms with Crippen molar-refractivity contribution < 1.29 is 23.4 Å². The molecule has 1 aromatic heterocycles. The number of aryl methyl sites for hydroxylation is 1. The number of benzene rings is 2. The van der Waals surface area contributed by atoms with E-state index in [1.54, 1.807) is 6.07 Å². The van der Waals surface area contributed by atoms with Crippen molar-refractivity contribution in [3.63, 3.8) is 0 Å². The molecule has 2 aromatic carbocycles. The van der Waals surface area contributed by atoms with Gasteiger partial charge in [-0.15, -0.1) is 0 Å². The van der Waals surface area contributed by atoms with Gasteiger partial charge in [-0.05, 0) is 42.8 Å². The van der Waals surface area contributed by atoms with Crippen LogP contribution in [0.1, 0.15) is 5.56 Å². The summed E-state index contributed by atoms with van der Waals surface area (Å²) in [6.07, 6.45) is 0. The molecule has 0 bridgehead atoms. The molecule has 3 rings (SSSR count). The molecule has 0 unspecified atom stereocenters. The largest absolute Gasteiger partial charge is 0.436 e. The predicted octanol–water partition coefficient (Wildman–Crippen LogP) is 3.07. The van der Waals surface area contributed by atoms with Gasteiger partial charge in [0.05, 0.1) is 25.5 Å². The summed E-state index contributed by atoms with van der Waals surface area (Å²) in [4.78, 5) is 16.2. The van der Waals surface area contributed by atoms with Crippen LogP contribution >= 0.6 is 0 Å². The van der Waals surface area contributed by atoms with Crippen LogP contribution in [0.2, 0.25) is 0 Å². The first-order valence-corrected chi connectivity index (χ1v) is 8.47. The van der Waals surface area contributed by atoms with Crippen molar-refractivity contribution in [2.45, 2.75) is 6.92 Å². The number of halogens is 1. The molecule has 0 spiro atoms. The number of nitrogens with zero attached hydrogens (tertiary/aromatic N) is 1. The summed E-state index contributed by atoms with van der Waals surface area (Å²) in [5.41, 5.74) is 2.90. The van der Waals surface area contributed by atoms with E-state index in [2.05, 4.69) is 15.6 Å². The maximum absolute atomic E-state index is 14.3. The zero-order valence-electron chi connectivity index (χ0n) is 14.8. The smallest absolute Gasteiger partial charge is 0.319 e. The molecule has 142 valence electrons. The maximum atomic E-state index is 14.3. The molecular weight excluding hydrogens is 353 g/mol. The number of nitrogens with one attached hydrogen (secondary N) is 2. The monoisotopic (exact) mass is 373 g/mol. The minimum absolute atomic E-state index is 0.0412. The van der Waals surface area contributed by atoms with E-state index in [1.807, 2.05) is 25.1 Å². The highest BCUT2D eigenvalue weighted by Gasteiger charge is 2.12. The Balaban J connectivity index is 1.65. The van der Waals surface area contributed by atoms with Crippen molar-refractivity contribution in [1.82, 2.24) is 10.3 Å². The Morgan fingerprint density at radius 3 is 2.89 bits per heavy atom. The number of anilines is 1. The molecule has 27 heavy (non-hydrogen) atoms. The Kier molecular flexibility index (Phi) is 6.00. The first-order chi connectivity index (χ1) is 13.1. The molecular formula is C19H20FN3O4. The number of amides is 2. The van der Waals surface area contributed by atoms with Crippen LogP contribution in [0.4, 0.5) is 14.9 Å². The molecule has 8 heteroatoms. The highest BCUT2D eigenvalue weighted by Crippen LogP contribution is 2.27. The van der Waals surface area contributed by atoms with Gasteiger partial charge in [0.2, 0.25) is 5.89 Å². The van der Waals surface area contributed by atoms with E-state index in [0.29, 0.717) is 22.6 Å². The van der Waals surface area contributed by atoms with E-state index < -0.39 is 11.8 Å². The van der Waals surface area contributed by atoms with Crippen molar-refractivity contribution in [3.8, 4) is 11.5 Å². The van der Waals surface area contributed by atoms with Crippen molar-refractivity contribution in [1.29, 1.82) is 0 Å². The van der Waals surface area contributed by atoms with Crippen LogP contribution in [0.25, 0.3) is 22.6 Å². The van der Waals surface area contributed by atoms with Crippen LogP contribution in [0.3, 0.4) is 0 Å². The van der Waals surface area contributed by atoms with Gasteiger partial charge in [0.25, 0.3) is 0 Å². The third kappa shape index (κ3) is 4.81. The number of rotatable bonds is 7. The van der Waals surface area contributed by atoms with Crippen molar-refractivity contribution in [3.05, 3.63) is 47.8 Å². The molecule has 0 fully saturated rings. The van der Waals surface area contributed by atoms with Crippen LogP contribution in [0.5, 0.6) is 0 Å². The first kappa shape index (κ1) is 18.8. The number of fused-ring (bicyclic) bond motifs is 1. The summed E-state index contributed by atoms with van der Waals surface area (Å²) < 4.78 is 25.0. The lowest BCUT2D eigenvalue weighted by molar-refractivity contribution is 0.0950. The van der Waals surface area contributed by atoms with Crippen LogP contribution in [0, 0.1) is 12.7 Å². The Morgan fingerprint density at radius 2 is 2.11 bits per heavy atom. The molecule has 0 aliphatic carbocycles. The molecule has 3 N–H and O–H groups in total. The van der Waals surface area contributed by atoms with Crippen molar-refractivity contribution >= 4 is 22.8 Å². The minimum atomic E-state index is -0.599. The normalized spacial score (nSPS) is 10.9. The number of aromatic nitrogens is 1. The van der Waals surface area contributed by atoms with E-state index in [1.165, 1.54) is 12.1 Å². The van der Waals surface area contributed by atoms with E-state index in [0.717, 1.165) is 5.56 Å². The van der Waals surface area contributed by atoms with Gasteiger partial charge in [-0.1, -0.05) is 6.07 Å². The average molecular weight is 373 g/mol. The molecule has 2 amide bonds. The summed E-state index contributed by atoms with van der Waals surface area (Å²) >= 11 is 0. The number of carbonyl (C=O) groups excluding carboxylic acids is 1. The van der Waals surface area contributed by atoms with Gasteiger partial charge in [0.15, 0.2) is 5.58 Å². The van der Waals surface area contributed by atoms with Gasteiger partial charge in [0, 0.05) is 12.1 Å². The third-order valence-electron chi connectivity index (χ3n) is 3.77. The summed E-state index contributed by atoms with van der Waals surface area (Å²) in [6, 6.07) is 9.42. The van der Waals surface area contributed by atoms with Crippen LogP contribution in [-0.4, -0.2) is 42.5 Å². The highest BCUT2D eigenvalue weighted by atomic mass is 19.1. The maximum Gasteiger partial charge on any atom is 0.319 e. The second-order valence-corrected chi connectivity index (χ2v) is 5.90. The predicted molar refractivity (Wildman–Crippen MR) is 99.1 cm³/mol. The number of aliphatic hydroxyl groups excluding tert-OH is 1. The van der Waals surface area contributed by atoms with Crippen LogP contribution in [0.15, 0.2) is 40.8 Å². The summed E-state index contributed by atoms with van der Waals surface area (Å²) in [6.45, 7) is 2.58. The van der Waals surface area contributed by atoms with Gasteiger partial charge >= 0.3 is 6.03 Å². The number of ether oxygens (including phenoxy) is 1.